The van der Waals surface area contributed by atoms with Gasteiger partial charge in [0.2, 0.25) is 0 Å². The molecule has 1 aliphatic rings. The van der Waals surface area contributed by atoms with E-state index >= 15 is 0 Å². The van der Waals surface area contributed by atoms with E-state index in [1.54, 1.807) is 13.8 Å². The van der Waals surface area contributed by atoms with Crippen molar-refractivity contribution in [1.82, 2.24) is 5.32 Å². The summed E-state index contributed by atoms with van der Waals surface area (Å²) in [7, 11) is 2.81. The normalized spacial score (nSPS) is 23.1. The molecule has 0 radical (unpaired) electrons. The van der Waals surface area contributed by atoms with Crippen molar-refractivity contribution in [1.29, 1.82) is 0 Å². The van der Waals surface area contributed by atoms with E-state index in [4.69, 9.17) is 19.7 Å². The average molecular weight is 271 g/mol. The van der Waals surface area contributed by atoms with E-state index in [-0.39, 0.29) is 11.4 Å². The molecule has 1 unspecified atom stereocenters. The van der Waals surface area contributed by atoms with E-state index in [0.717, 1.165) is 0 Å². The Hall–Kier alpha value is -1.86. The second-order valence-corrected chi connectivity index (χ2v) is 4.38. The summed E-state index contributed by atoms with van der Waals surface area (Å²) in [6.07, 6.45) is 0.604. The molecule has 1 aliphatic heterocycles. The Labute approximate surface area is 110 Å². The Morgan fingerprint density at radius 2 is 1.79 bits per heavy atom. The number of carboxylic acids is 2. The van der Waals surface area contributed by atoms with Gasteiger partial charge in [-0.3, -0.25) is 0 Å². The van der Waals surface area contributed by atoms with Gasteiger partial charge in [0.1, 0.15) is 11.4 Å². The zero-order chi connectivity index (χ0) is 14.8. The van der Waals surface area contributed by atoms with Crippen LogP contribution < -0.4 is 5.32 Å². The zero-order valence-corrected chi connectivity index (χ0v) is 11.2. The summed E-state index contributed by atoms with van der Waals surface area (Å²) in [5.41, 5.74) is -0.958. The second kappa shape index (κ2) is 5.41. The van der Waals surface area contributed by atoms with Crippen LogP contribution in [0.1, 0.15) is 13.8 Å². The van der Waals surface area contributed by atoms with E-state index in [1.807, 2.05) is 0 Å². The van der Waals surface area contributed by atoms with Crippen molar-refractivity contribution >= 4 is 11.9 Å². The van der Waals surface area contributed by atoms with E-state index in [9.17, 15) is 9.59 Å². The molecule has 0 aromatic carbocycles. The molecule has 0 bridgehead atoms. The van der Waals surface area contributed by atoms with Gasteiger partial charge in [-0.2, -0.15) is 0 Å². The van der Waals surface area contributed by atoms with Gasteiger partial charge in [0.05, 0.1) is 5.41 Å². The molecule has 0 aromatic rings. The van der Waals surface area contributed by atoms with Crippen LogP contribution in [0.3, 0.4) is 0 Å². The number of hydrogen-bond donors (Lipinski definition) is 3. The lowest BCUT2D eigenvalue weighted by Crippen LogP contribution is -2.43. The van der Waals surface area contributed by atoms with Crippen LogP contribution in [0.25, 0.3) is 0 Å². The van der Waals surface area contributed by atoms with Crippen molar-refractivity contribution in [2.24, 2.45) is 5.41 Å². The minimum absolute atomic E-state index is 0.179. The summed E-state index contributed by atoms with van der Waals surface area (Å²) in [5.74, 6) is -2.48. The Kier molecular flexibility index (Phi) is 4.33. The number of ether oxygens (including phenoxy) is 2. The maximum absolute atomic E-state index is 11.2. The number of aliphatic carboxylic acids is 2. The Bertz CT molecular complexity index is 463. The van der Waals surface area contributed by atoms with Crippen LogP contribution in [0.2, 0.25) is 0 Å². The van der Waals surface area contributed by atoms with Gasteiger partial charge in [-0.15, -0.1) is 0 Å². The predicted octanol–water partition coefficient (Wildman–Crippen LogP) is 0.542. The third kappa shape index (κ3) is 2.61. The van der Waals surface area contributed by atoms with E-state index in [1.165, 1.54) is 20.3 Å². The molecule has 0 fully saturated rings. The fourth-order valence-corrected chi connectivity index (χ4v) is 2.10. The SMILES string of the molecule is COC(OC)C1(C)C=C(C(=O)O)NC(C(=O)O)=C1C. The van der Waals surface area contributed by atoms with Gasteiger partial charge in [0.15, 0.2) is 6.29 Å². The van der Waals surface area contributed by atoms with Crippen LogP contribution in [0, 0.1) is 5.41 Å². The molecule has 0 aliphatic carbocycles. The number of methoxy groups -OCH3 is 2. The molecule has 0 saturated heterocycles. The summed E-state index contributed by atoms with van der Waals surface area (Å²) in [5, 5.41) is 20.6. The summed E-state index contributed by atoms with van der Waals surface area (Å²) in [6, 6.07) is 0. The molecule has 0 spiro atoms. The van der Waals surface area contributed by atoms with Crippen molar-refractivity contribution in [2.45, 2.75) is 20.1 Å². The highest BCUT2D eigenvalue weighted by Gasteiger charge is 2.41. The van der Waals surface area contributed by atoms with E-state index in [0.29, 0.717) is 5.57 Å². The quantitative estimate of drug-likeness (QED) is 0.627. The maximum Gasteiger partial charge on any atom is 0.352 e. The lowest BCUT2D eigenvalue weighted by molar-refractivity contribution is -0.149. The van der Waals surface area contributed by atoms with Gasteiger partial charge in [0, 0.05) is 14.2 Å². The van der Waals surface area contributed by atoms with Crippen molar-refractivity contribution in [3.05, 3.63) is 23.0 Å². The van der Waals surface area contributed by atoms with Gasteiger partial charge in [-0.05, 0) is 25.5 Å². The fraction of sp³-hybridized carbons (Fsp3) is 0.500. The highest BCUT2D eigenvalue weighted by Crippen LogP contribution is 2.39. The number of rotatable bonds is 5. The first-order valence-electron chi connectivity index (χ1n) is 5.51. The average Bonchev–Trinajstić information content (AvgIpc) is 2.33. The number of hydrogen-bond acceptors (Lipinski definition) is 5. The Balaban J connectivity index is 3.41. The van der Waals surface area contributed by atoms with Gasteiger partial charge in [-0.1, -0.05) is 0 Å². The molecule has 7 heteroatoms. The zero-order valence-electron chi connectivity index (χ0n) is 11.2. The summed E-state index contributed by atoms with van der Waals surface area (Å²) in [6.45, 7) is 3.25. The second-order valence-electron chi connectivity index (χ2n) is 4.38. The fourth-order valence-electron chi connectivity index (χ4n) is 2.10. The molecular formula is C12H17NO6. The van der Waals surface area contributed by atoms with Crippen LogP contribution in [-0.4, -0.2) is 42.7 Å². The van der Waals surface area contributed by atoms with Crippen LogP contribution in [0.4, 0.5) is 0 Å². The maximum atomic E-state index is 11.2. The van der Waals surface area contributed by atoms with Crippen molar-refractivity contribution in [3.63, 3.8) is 0 Å². The largest absolute Gasteiger partial charge is 0.477 e. The number of carbonyl (C=O) groups is 2. The lowest BCUT2D eigenvalue weighted by Gasteiger charge is -2.38. The smallest absolute Gasteiger partial charge is 0.352 e. The van der Waals surface area contributed by atoms with Gasteiger partial charge in [-0.25, -0.2) is 9.59 Å². The lowest BCUT2D eigenvalue weighted by atomic mass is 9.78. The molecule has 0 aromatic heterocycles. The number of carboxylic acid groups (broad SMARTS) is 2. The summed E-state index contributed by atoms with van der Waals surface area (Å²) in [4.78, 5) is 22.3. The third-order valence-corrected chi connectivity index (χ3v) is 3.25. The van der Waals surface area contributed by atoms with Crippen LogP contribution >= 0.6 is 0 Å². The van der Waals surface area contributed by atoms with Crippen molar-refractivity contribution in [3.8, 4) is 0 Å². The van der Waals surface area contributed by atoms with Crippen LogP contribution in [-0.2, 0) is 19.1 Å². The van der Waals surface area contributed by atoms with E-state index < -0.39 is 23.6 Å². The molecular weight excluding hydrogens is 254 g/mol. The topological polar surface area (TPSA) is 105 Å². The molecule has 0 saturated carbocycles. The molecule has 19 heavy (non-hydrogen) atoms. The third-order valence-electron chi connectivity index (χ3n) is 3.25. The minimum atomic E-state index is -1.25. The summed E-state index contributed by atoms with van der Waals surface area (Å²) >= 11 is 0. The summed E-state index contributed by atoms with van der Waals surface area (Å²) < 4.78 is 10.3. The van der Waals surface area contributed by atoms with Gasteiger partial charge in [0.25, 0.3) is 0 Å². The van der Waals surface area contributed by atoms with Gasteiger partial charge >= 0.3 is 11.9 Å². The molecule has 7 nitrogen and oxygen atoms in total. The Morgan fingerprint density at radius 1 is 1.26 bits per heavy atom. The monoisotopic (exact) mass is 271 g/mol. The molecule has 1 rings (SSSR count). The first-order valence-corrected chi connectivity index (χ1v) is 5.51. The first kappa shape index (κ1) is 15.2. The molecule has 1 heterocycles. The van der Waals surface area contributed by atoms with Crippen molar-refractivity contribution in [2.75, 3.05) is 14.2 Å². The molecule has 1 atom stereocenters. The van der Waals surface area contributed by atoms with Crippen LogP contribution in [0.15, 0.2) is 23.0 Å². The first-order chi connectivity index (χ1) is 8.77. The molecule has 3 N–H and O–H groups in total. The highest BCUT2D eigenvalue weighted by molar-refractivity contribution is 5.93. The predicted molar refractivity (Wildman–Crippen MR) is 65.1 cm³/mol. The number of nitrogens with one attached hydrogen (secondary N) is 1. The highest BCUT2D eigenvalue weighted by atomic mass is 16.7. The Morgan fingerprint density at radius 3 is 2.16 bits per heavy atom. The number of dihydropyridines is 1. The minimum Gasteiger partial charge on any atom is -0.477 e. The van der Waals surface area contributed by atoms with Gasteiger partial charge < -0.3 is 25.0 Å². The standard InChI is InChI=1S/C12H17NO6/c1-6-8(10(16)17)13-7(9(14)15)5-12(6,2)11(18-3)19-4/h5,11,13H,1-4H3,(H,14,15)(H,16,17). The molecule has 0 amide bonds. The van der Waals surface area contributed by atoms with Crippen molar-refractivity contribution < 1.29 is 29.3 Å². The molecule has 106 valence electrons. The van der Waals surface area contributed by atoms with E-state index in [2.05, 4.69) is 5.32 Å². The van der Waals surface area contributed by atoms with Crippen LogP contribution in [0.5, 0.6) is 0 Å².